The van der Waals surface area contributed by atoms with E-state index in [-0.39, 0.29) is 23.5 Å². The van der Waals surface area contributed by atoms with Gasteiger partial charge in [0.1, 0.15) is 5.69 Å². The van der Waals surface area contributed by atoms with Gasteiger partial charge in [-0.1, -0.05) is 42.5 Å². The summed E-state index contributed by atoms with van der Waals surface area (Å²) in [4.78, 5) is 11.1. The Morgan fingerprint density at radius 1 is 1.07 bits per heavy atom. The minimum Gasteiger partial charge on any atom is -0.477 e. The number of sulfonamides is 1. The smallest absolute Gasteiger partial charge is 0.477 e. The van der Waals surface area contributed by atoms with Gasteiger partial charge in [-0.3, -0.25) is 9.40 Å². The summed E-state index contributed by atoms with van der Waals surface area (Å²) in [5, 5.41) is 13.1. The number of benzene rings is 2. The summed E-state index contributed by atoms with van der Waals surface area (Å²) >= 11 is 0. The van der Waals surface area contributed by atoms with Crippen LogP contribution in [0, 0.1) is 0 Å². The molecule has 1 heterocycles. The van der Waals surface area contributed by atoms with Gasteiger partial charge >= 0.3 is 21.5 Å². The molecule has 152 valence electrons. The summed E-state index contributed by atoms with van der Waals surface area (Å²) in [6, 6.07) is 13.6. The highest BCUT2D eigenvalue weighted by Crippen LogP contribution is 2.32. The molecule has 0 aliphatic rings. The van der Waals surface area contributed by atoms with E-state index in [2.05, 4.69) is 5.10 Å². The average Bonchev–Trinajstić information content (AvgIpc) is 3.10. The van der Waals surface area contributed by atoms with E-state index in [0.29, 0.717) is 11.1 Å². The second-order valence-electron chi connectivity index (χ2n) is 5.97. The third kappa shape index (κ3) is 4.40. The lowest BCUT2D eigenvalue weighted by atomic mass is 10.0. The second kappa shape index (κ2) is 7.59. The number of halogens is 3. The zero-order chi connectivity index (χ0) is 21.2. The predicted molar refractivity (Wildman–Crippen MR) is 98.8 cm³/mol. The number of nitrogens with one attached hydrogen (secondary N) is 1. The molecule has 2 aromatic carbocycles. The SMILES string of the molecule is O=C(O)c1ccnn1Cc1ccc(-c2ccccc2NS(=O)(=O)C(F)(F)F)cc1. The van der Waals surface area contributed by atoms with Crippen molar-refractivity contribution in [3.8, 4) is 11.1 Å². The molecule has 0 amide bonds. The largest absolute Gasteiger partial charge is 0.516 e. The first-order chi connectivity index (χ1) is 13.6. The van der Waals surface area contributed by atoms with Crippen molar-refractivity contribution in [1.82, 2.24) is 9.78 Å². The molecule has 0 fully saturated rings. The molecular weight excluding hydrogens is 411 g/mol. The van der Waals surface area contributed by atoms with Crippen molar-refractivity contribution in [3.63, 3.8) is 0 Å². The predicted octanol–water partition coefficient (Wildman–Crippen LogP) is 3.56. The van der Waals surface area contributed by atoms with Gasteiger partial charge in [0.15, 0.2) is 0 Å². The number of nitrogens with zero attached hydrogens (tertiary/aromatic N) is 2. The van der Waals surface area contributed by atoms with Crippen LogP contribution in [0.1, 0.15) is 16.1 Å². The van der Waals surface area contributed by atoms with Crippen molar-refractivity contribution in [3.05, 3.63) is 72.1 Å². The van der Waals surface area contributed by atoms with Crippen LogP contribution in [-0.2, 0) is 16.6 Å². The normalized spacial score (nSPS) is 12.0. The fourth-order valence-electron chi connectivity index (χ4n) is 2.63. The number of carboxylic acid groups (broad SMARTS) is 1. The van der Waals surface area contributed by atoms with Gasteiger partial charge in [0, 0.05) is 11.8 Å². The van der Waals surface area contributed by atoms with Gasteiger partial charge in [0.05, 0.1) is 12.2 Å². The standard InChI is InChI=1S/C18H14F3N3O4S/c19-18(20,21)29(27,28)23-15-4-2-1-3-14(15)13-7-5-12(6-8-13)11-24-16(17(25)26)9-10-22-24/h1-10,23H,11H2,(H,25,26). The van der Waals surface area contributed by atoms with E-state index in [4.69, 9.17) is 5.11 Å². The van der Waals surface area contributed by atoms with Gasteiger partial charge < -0.3 is 5.11 Å². The summed E-state index contributed by atoms with van der Waals surface area (Å²) in [5.74, 6) is -1.12. The molecule has 0 spiro atoms. The summed E-state index contributed by atoms with van der Waals surface area (Å²) in [5.41, 5.74) is -4.19. The number of hydrogen-bond acceptors (Lipinski definition) is 4. The van der Waals surface area contributed by atoms with Gasteiger partial charge in [-0.05, 0) is 23.3 Å². The Kier molecular flexibility index (Phi) is 5.33. The molecule has 29 heavy (non-hydrogen) atoms. The van der Waals surface area contributed by atoms with Gasteiger partial charge in [-0.25, -0.2) is 4.79 Å². The van der Waals surface area contributed by atoms with Crippen LogP contribution in [-0.4, -0.2) is 34.8 Å². The average molecular weight is 425 g/mol. The number of rotatable bonds is 6. The Bertz CT molecular complexity index is 1140. The molecule has 0 unspecified atom stereocenters. The molecule has 2 N–H and O–H groups in total. The summed E-state index contributed by atoms with van der Waals surface area (Å²) in [6.45, 7) is 0.178. The molecule has 0 saturated heterocycles. The fourth-order valence-corrected chi connectivity index (χ4v) is 3.21. The second-order valence-corrected chi connectivity index (χ2v) is 7.65. The molecule has 0 aliphatic carbocycles. The quantitative estimate of drug-likeness (QED) is 0.629. The lowest BCUT2D eigenvalue weighted by Gasteiger charge is -2.14. The Morgan fingerprint density at radius 3 is 2.34 bits per heavy atom. The number of carboxylic acids is 1. The molecule has 0 atom stereocenters. The van der Waals surface area contributed by atoms with Crippen LogP contribution in [0.3, 0.4) is 0 Å². The van der Waals surface area contributed by atoms with Crippen LogP contribution in [0.25, 0.3) is 11.1 Å². The van der Waals surface area contributed by atoms with Crippen molar-refractivity contribution >= 4 is 21.7 Å². The van der Waals surface area contributed by atoms with Crippen molar-refractivity contribution in [2.75, 3.05) is 4.72 Å². The molecule has 0 radical (unpaired) electrons. The molecule has 7 nitrogen and oxygen atoms in total. The van der Waals surface area contributed by atoms with Gasteiger partial charge in [0.2, 0.25) is 0 Å². The zero-order valence-electron chi connectivity index (χ0n) is 14.6. The van der Waals surface area contributed by atoms with Crippen molar-refractivity contribution in [1.29, 1.82) is 0 Å². The first-order valence-corrected chi connectivity index (χ1v) is 9.59. The minimum absolute atomic E-state index is 0.0148. The monoisotopic (exact) mass is 425 g/mol. The molecule has 0 bridgehead atoms. The molecule has 0 saturated carbocycles. The molecular formula is C18H14F3N3O4S. The number of carbonyl (C=O) groups is 1. The van der Waals surface area contributed by atoms with Crippen LogP contribution >= 0.6 is 0 Å². The Morgan fingerprint density at radius 2 is 1.72 bits per heavy atom. The van der Waals surface area contributed by atoms with Crippen LogP contribution in [0.4, 0.5) is 18.9 Å². The van der Waals surface area contributed by atoms with E-state index in [0.717, 1.165) is 0 Å². The van der Waals surface area contributed by atoms with E-state index in [1.165, 1.54) is 35.1 Å². The zero-order valence-corrected chi connectivity index (χ0v) is 15.4. The van der Waals surface area contributed by atoms with Crippen LogP contribution in [0.15, 0.2) is 60.8 Å². The maximum Gasteiger partial charge on any atom is 0.516 e. The van der Waals surface area contributed by atoms with Crippen LogP contribution in [0.5, 0.6) is 0 Å². The summed E-state index contributed by atoms with van der Waals surface area (Å²) in [7, 11) is -5.55. The summed E-state index contributed by atoms with van der Waals surface area (Å²) < 4.78 is 63.7. The van der Waals surface area contributed by atoms with E-state index in [1.54, 1.807) is 35.1 Å². The highest BCUT2D eigenvalue weighted by molar-refractivity contribution is 7.93. The molecule has 0 aliphatic heterocycles. The number of para-hydroxylation sites is 1. The Hall–Kier alpha value is -3.34. The number of aromatic carboxylic acids is 1. The van der Waals surface area contributed by atoms with Crippen molar-refractivity contribution in [2.24, 2.45) is 0 Å². The van der Waals surface area contributed by atoms with Crippen molar-refractivity contribution in [2.45, 2.75) is 12.1 Å². The van der Waals surface area contributed by atoms with E-state index < -0.39 is 21.5 Å². The number of alkyl halides is 3. The molecule has 3 aromatic rings. The highest BCUT2D eigenvalue weighted by Gasteiger charge is 2.46. The maximum absolute atomic E-state index is 12.7. The topological polar surface area (TPSA) is 101 Å². The van der Waals surface area contributed by atoms with Crippen LogP contribution in [0.2, 0.25) is 0 Å². The lowest BCUT2D eigenvalue weighted by Crippen LogP contribution is -2.30. The number of aromatic nitrogens is 2. The Labute approximate surface area is 163 Å². The highest BCUT2D eigenvalue weighted by atomic mass is 32.2. The molecule has 1 aromatic heterocycles. The van der Waals surface area contributed by atoms with Crippen molar-refractivity contribution < 1.29 is 31.5 Å². The number of hydrogen-bond donors (Lipinski definition) is 2. The molecule has 11 heteroatoms. The maximum atomic E-state index is 12.7. The van der Waals surface area contributed by atoms with E-state index in [9.17, 15) is 26.4 Å². The minimum atomic E-state index is -5.55. The summed E-state index contributed by atoms with van der Waals surface area (Å²) in [6.07, 6.45) is 1.36. The first-order valence-electron chi connectivity index (χ1n) is 8.11. The Balaban J connectivity index is 1.87. The van der Waals surface area contributed by atoms with Gasteiger partial charge in [0.25, 0.3) is 0 Å². The first kappa shape index (κ1) is 20.4. The third-order valence-electron chi connectivity index (χ3n) is 4.01. The molecule has 3 rings (SSSR count). The third-order valence-corrected chi connectivity index (χ3v) is 5.11. The van der Waals surface area contributed by atoms with Gasteiger partial charge in [-0.15, -0.1) is 0 Å². The lowest BCUT2D eigenvalue weighted by molar-refractivity contribution is -0.0429. The number of anilines is 1. The van der Waals surface area contributed by atoms with Crippen LogP contribution < -0.4 is 4.72 Å². The van der Waals surface area contributed by atoms with E-state index in [1.807, 2.05) is 0 Å². The van der Waals surface area contributed by atoms with Gasteiger partial charge in [-0.2, -0.15) is 26.7 Å². The van der Waals surface area contributed by atoms with E-state index >= 15 is 0 Å². The fraction of sp³-hybridized carbons (Fsp3) is 0.111.